The molecule has 0 bridgehead atoms. The summed E-state index contributed by atoms with van der Waals surface area (Å²) in [6.45, 7) is 1.53. The Morgan fingerprint density at radius 1 is 1.30 bits per heavy atom. The van der Waals surface area contributed by atoms with Crippen molar-refractivity contribution in [1.82, 2.24) is 24.6 Å². The van der Waals surface area contributed by atoms with Gasteiger partial charge in [-0.05, 0) is 24.3 Å². The van der Waals surface area contributed by atoms with Crippen LogP contribution < -0.4 is 10.1 Å². The van der Waals surface area contributed by atoms with Crippen LogP contribution in [0, 0.1) is 0 Å². The number of benzene rings is 1. The van der Waals surface area contributed by atoms with Crippen molar-refractivity contribution in [3.8, 4) is 5.75 Å². The van der Waals surface area contributed by atoms with E-state index in [1.807, 2.05) is 7.05 Å². The Hall–Kier alpha value is -1.97. The molecule has 1 aliphatic rings. The molecule has 9 heteroatoms. The third-order valence-electron chi connectivity index (χ3n) is 3.93. The Bertz CT molecular complexity index is 766. The first kappa shape index (κ1) is 15.9. The SMILES string of the molecule is COc1ccc(S(=O)(=O)N2CC(NCc3cnnn3C)C2)cc1. The molecular weight excluding hydrogens is 318 g/mol. The normalized spacial score (nSPS) is 16.3. The quantitative estimate of drug-likeness (QED) is 0.797. The molecule has 1 aromatic heterocycles. The molecule has 0 spiro atoms. The second-order valence-corrected chi connectivity index (χ2v) is 7.36. The lowest BCUT2D eigenvalue weighted by molar-refractivity contribution is 0.224. The van der Waals surface area contributed by atoms with Gasteiger partial charge in [-0.15, -0.1) is 5.10 Å². The van der Waals surface area contributed by atoms with Crippen molar-refractivity contribution in [3.05, 3.63) is 36.2 Å². The summed E-state index contributed by atoms with van der Waals surface area (Å²) in [5.74, 6) is 0.636. The summed E-state index contributed by atoms with van der Waals surface area (Å²) in [6, 6.07) is 6.57. The number of methoxy groups -OCH3 is 1. The minimum atomic E-state index is -3.43. The molecule has 0 radical (unpaired) electrons. The van der Waals surface area contributed by atoms with Gasteiger partial charge in [-0.2, -0.15) is 4.31 Å². The predicted molar refractivity (Wildman–Crippen MR) is 83.4 cm³/mol. The van der Waals surface area contributed by atoms with Crippen LogP contribution in [0.5, 0.6) is 5.75 Å². The van der Waals surface area contributed by atoms with Gasteiger partial charge in [0.15, 0.2) is 0 Å². The largest absolute Gasteiger partial charge is 0.497 e. The summed E-state index contributed by atoms with van der Waals surface area (Å²) in [5, 5.41) is 11.0. The van der Waals surface area contributed by atoms with Crippen LogP contribution >= 0.6 is 0 Å². The van der Waals surface area contributed by atoms with Crippen molar-refractivity contribution in [2.45, 2.75) is 17.5 Å². The van der Waals surface area contributed by atoms with Crippen LogP contribution in [-0.2, 0) is 23.6 Å². The maximum absolute atomic E-state index is 12.5. The summed E-state index contributed by atoms with van der Waals surface area (Å²) in [4.78, 5) is 0.285. The predicted octanol–water partition coefficient (Wildman–Crippen LogP) is -0.0136. The fraction of sp³-hybridized carbons (Fsp3) is 0.429. The maximum Gasteiger partial charge on any atom is 0.243 e. The van der Waals surface area contributed by atoms with Crippen LogP contribution in [0.2, 0.25) is 0 Å². The first-order valence-electron chi connectivity index (χ1n) is 7.22. The summed E-state index contributed by atoms with van der Waals surface area (Å²) < 4.78 is 33.2. The highest BCUT2D eigenvalue weighted by molar-refractivity contribution is 7.89. The van der Waals surface area contributed by atoms with Crippen LogP contribution in [-0.4, -0.2) is 54.0 Å². The van der Waals surface area contributed by atoms with E-state index in [9.17, 15) is 8.42 Å². The second-order valence-electron chi connectivity index (χ2n) is 5.42. The lowest BCUT2D eigenvalue weighted by Gasteiger charge is -2.38. The molecule has 8 nitrogen and oxygen atoms in total. The van der Waals surface area contributed by atoms with Gasteiger partial charge in [-0.3, -0.25) is 4.68 Å². The average molecular weight is 337 g/mol. The zero-order chi connectivity index (χ0) is 16.4. The summed E-state index contributed by atoms with van der Waals surface area (Å²) in [7, 11) is -0.0593. The van der Waals surface area contributed by atoms with Gasteiger partial charge in [0.1, 0.15) is 5.75 Å². The van der Waals surface area contributed by atoms with Gasteiger partial charge in [0.25, 0.3) is 0 Å². The summed E-state index contributed by atoms with van der Waals surface area (Å²) in [6.07, 6.45) is 1.69. The van der Waals surface area contributed by atoms with E-state index in [1.165, 1.54) is 4.31 Å². The number of aryl methyl sites for hydroxylation is 1. The number of hydrogen-bond acceptors (Lipinski definition) is 6. The van der Waals surface area contributed by atoms with Crippen LogP contribution in [0.3, 0.4) is 0 Å². The number of nitrogens with zero attached hydrogens (tertiary/aromatic N) is 4. The van der Waals surface area contributed by atoms with Crippen LogP contribution in [0.1, 0.15) is 5.69 Å². The smallest absolute Gasteiger partial charge is 0.243 e. The molecule has 1 aliphatic heterocycles. The Labute approximate surface area is 135 Å². The third kappa shape index (κ3) is 3.21. The number of ether oxygens (including phenoxy) is 1. The fourth-order valence-corrected chi connectivity index (χ4v) is 3.91. The Kier molecular flexibility index (Phi) is 4.33. The van der Waals surface area contributed by atoms with E-state index in [0.717, 1.165) is 5.69 Å². The van der Waals surface area contributed by atoms with Crippen LogP contribution in [0.4, 0.5) is 0 Å². The number of hydrogen-bond donors (Lipinski definition) is 1. The van der Waals surface area contributed by atoms with Crippen molar-refractivity contribution in [3.63, 3.8) is 0 Å². The molecule has 1 aromatic carbocycles. The molecule has 0 saturated carbocycles. The highest BCUT2D eigenvalue weighted by Crippen LogP contribution is 2.23. The lowest BCUT2D eigenvalue weighted by Crippen LogP contribution is -2.59. The zero-order valence-corrected chi connectivity index (χ0v) is 13.8. The van der Waals surface area contributed by atoms with Crippen LogP contribution in [0.25, 0.3) is 0 Å². The van der Waals surface area contributed by atoms with E-state index in [0.29, 0.717) is 25.4 Å². The Balaban J connectivity index is 1.56. The van der Waals surface area contributed by atoms with Crippen molar-refractivity contribution >= 4 is 10.0 Å². The molecule has 2 heterocycles. The van der Waals surface area contributed by atoms with Gasteiger partial charge in [0.2, 0.25) is 10.0 Å². The van der Waals surface area contributed by atoms with Gasteiger partial charge in [0, 0.05) is 32.7 Å². The minimum Gasteiger partial charge on any atom is -0.497 e. The Morgan fingerprint density at radius 3 is 2.57 bits per heavy atom. The fourth-order valence-electron chi connectivity index (χ4n) is 2.38. The average Bonchev–Trinajstić information content (AvgIpc) is 2.91. The van der Waals surface area contributed by atoms with Gasteiger partial charge in [-0.1, -0.05) is 5.21 Å². The summed E-state index contributed by atoms with van der Waals surface area (Å²) in [5.41, 5.74) is 0.960. The minimum absolute atomic E-state index is 0.137. The highest BCUT2D eigenvalue weighted by atomic mass is 32.2. The van der Waals surface area contributed by atoms with Gasteiger partial charge >= 0.3 is 0 Å². The molecule has 0 unspecified atom stereocenters. The number of rotatable bonds is 6. The van der Waals surface area contributed by atoms with Crippen molar-refractivity contribution in [2.75, 3.05) is 20.2 Å². The first-order valence-corrected chi connectivity index (χ1v) is 8.66. The van der Waals surface area contributed by atoms with E-state index in [2.05, 4.69) is 15.6 Å². The first-order chi connectivity index (χ1) is 11.0. The van der Waals surface area contributed by atoms with E-state index in [-0.39, 0.29) is 10.9 Å². The zero-order valence-electron chi connectivity index (χ0n) is 13.0. The Morgan fingerprint density at radius 2 is 2.00 bits per heavy atom. The third-order valence-corrected chi connectivity index (χ3v) is 5.77. The number of nitrogens with one attached hydrogen (secondary N) is 1. The molecule has 1 fully saturated rings. The summed E-state index contributed by atoms with van der Waals surface area (Å²) >= 11 is 0. The molecular formula is C14H19N5O3S. The number of aromatic nitrogens is 3. The molecule has 1 N–H and O–H groups in total. The molecule has 0 aliphatic carbocycles. The standard InChI is InChI=1S/C14H19N5O3S/c1-18-12(8-16-17-18)7-15-11-9-19(10-11)23(20,21)14-5-3-13(22-2)4-6-14/h3-6,8,11,15H,7,9-10H2,1-2H3. The van der Waals surface area contributed by atoms with Crippen molar-refractivity contribution in [1.29, 1.82) is 0 Å². The van der Waals surface area contributed by atoms with E-state index in [4.69, 9.17) is 4.74 Å². The van der Waals surface area contributed by atoms with E-state index < -0.39 is 10.0 Å². The van der Waals surface area contributed by atoms with E-state index >= 15 is 0 Å². The monoisotopic (exact) mass is 337 g/mol. The van der Waals surface area contributed by atoms with Gasteiger partial charge < -0.3 is 10.1 Å². The lowest BCUT2D eigenvalue weighted by atomic mass is 10.2. The molecule has 1 saturated heterocycles. The molecule has 0 amide bonds. The number of sulfonamides is 1. The van der Waals surface area contributed by atoms with Crippen molar-refractivity contribution < 1.29 is 13.2 Å². The van der Waals surface area contributed by atoms with Gasteiger partial charge in [-0.25, -0.2) is 8.42 Å². The second kappa shape index (κ2) is 6.26. The molecule has 2 aromatic rings. The molecule has 0 atom stereocenters. The molecule has 3 rings (SSSR count). The molecule has 23 heavy (non-hydrogen) atoms. The topological polar surface area (TPSA) is 89.3 Å². The van der Waals surface area contributed by atoms with Crippen molar-refractivity contribution in [2.24, 2.45) is 7.05 Å². The maximum atomic E-state index is 12.5. The van der Waals surface area contributed by atoms with Gasteiger partial charge in [0.05, 0.1) is 23.9 Å². The van der Waals surface area contributed by atoms with E-state index in [1.54, 1.807) is 42.3 Å². The highest BCUT2D eigenvalue weighted by Gasteiger charge is 2.36. The molecule has 124 valence electrons. The van der Waals surface area contributed by atoms with Crippen LogP contribution in [0.15, 0.2) is 35.4 Å².